The zero-order valence-electron chi connectivity index (χ0n) is 19.4. The molecular weight excluding hydrogens is 428 g/mol. The number of piperazine rings is 1. The first kappa shape index (κ1) is 23.2. The van der Waals surface area contributed by atoms with Gasteiger partial charge in [-0.1, -0.05) is 19.4 Å². The summed E-state index contributed by atoms with van der Waals surface area (Å²) in [4.78, 5) is 23.7. The summed E-state index contributed by atoms with van der Waals surface area (Å²) in [7, 11) is 0. The molecule has 1 unspecified atom stereocenters. The highest BCUT2D eigenvalue weighted by Crippen LogP contribution is 2.34. The van der Waals surface area contributed by atoms with Gasteiger partial charge in [-0.2, -0.15) is 4.99 Å². The van der Waals surface area contributed by atoms with Crippen LogP contribution in [-0.4, -0.2) is 64.3 Å². The van der Waals surface area contributed by atoms with E-state index in [0.29, 0.717) is 31.1 Å². The fraction of sp³-hybridized carbons (Fsp3) is 0.500. The van der Waals surface area contributed by atoms with E-state index in [1.165, 1.54) is 6.07 Å². The van der Waals surface area contributed by atoms with E-state index in [-0.39, 0.29) is 18.6 Å². The number of hydrogen-bond donors (Lipinski definition) is 1. The third-order valence-corrected chi connectivity index (χ3v) is 6.03. The number of halogens is 2. The van der Waals surface area contributed by atoms with Crippen molar-refractivity contribution in [3.8, 4) is 0 Å². The van der Waals surface area contributed by atoms with Crippen LogP contribution in [0.1, 0.15) is 39.2 Å². The SMILES string of the molecule is CCC/C=C1\N=C(OCc2ccc(F)c(F)c2)C=C2N1CC1CN(C(=O)C(C)(C)N)CCN21. The largest absolute Gasteiger partial charge is 0.473 e. The average Bonchev–Trinajstić information content (AvgIpc) is 3.15. The lowest BCUT2D eigenvalue weighted by Gasteiger charge is -2.40. The highest BCUT2D eigenvalue weighted by atomic mass is 19.2. The summed E-state index contributed by atoms with van der Waals surface area (Å²) in [5.41, 5.74) is 5.67. The van der Waals surface area contributed by atoms with Crippen molar-refractivity contribution in [2.45, 2.75) is 51.8 Å². The Labute approximate surface area is 193 Å². The summed E-state index contributed by atoms with van der Waals surface area (Å²) in [5, 5.41) is 0. The second-order valence-electron chi connectivity index (χ2n) is 9.27. The molecular formula is C24H31F2N5O2. The number of hydrogen-bond acceptors (Lipinski definition) is 6. The van der Waals surface area contributed by atoms with Gasteiger partial charge in [-0.25, -0.2) is 8.78 Å². The quantitative estimate of drug-likeness (QED) is 0.733. The van der Waals surface area contributed by atoms with Crippen LogP contribution < -0.4 is 5.73 Å². The van der Waals surface area contributed by atoms with Crippen LogP contribution in [0.15, 0.2) is 47.0 Å². The summed E-state index contributed by atoms with van der Waals surface area (Å²) in [5.74, 6) is 0.383. The van der Waals surface area contributed by atoms with E-state index in [9.17, 15) is 13.6 Å². The first-order valence-corrected chi connectivity index (χ1v) is 11.4. The molecule has 9 heteroatoms. The molecule has 7 nitrogen and oxygen atoms in total. The lowest BCUT2D eigenvalue weighted by molar-refractivity contribution is -0.138. The molecule has 33 heavy (non-hydrogen) atoms. The summed E-state index contributed by atoms with van der Waals surface area (Å²) in [6.45, 7) is 8.25. The van der Waals surface area contributed by atoms with E-state index in [2.05, 4.69) is 27.8 Å². The first-order chi connectivity index (χ1) is 15.7. The van der Waals surface area contributed by atoms with Crippen molar-refractivity contribution in [1.29, 1.82) is 0 Å². The molecule has 0 bridgehead atoms. The van der Waals surface area contributed by atoms with Crippen LogP contribution in [0.3, 0.4) is 0 Å². The molecule has 2 saturated heterocycles. The Morgan fingerprint density at radius 2 is 2.06 bits per heavy atom. The summed E-state index contributed by atoms with van der Waals surface area (Å²) < 4.78 is 32.6. The number of rotatable bonds is 5. The molecule has 2 fully saturated rings. The Bertz CT molecular complexity index is 1010. The number of allylic oxidation sites excluding steroid dienone is 1. The Hall–Kier alpha value is -2.94. The van der Waals surface area contributed by atoms with Crippen molar-refractivity contribution in [3.05, 3.63) is 59.2 Å². The Morgan fingerprint density at radius 3 is 2.76 bits per heavy atom. The van der Waals surface area contributed by atoms with Crippen LogP contribution in [0, 0.1) is 11.6 Å². The van der Waals surface area contributed by atoms with E-state index in [4.69, 9.17) is 10.5 Å². The second-order valence-corrected chi connectivity index (χ2v) is 9.27. The highest BCUT2D eigenvalue weighted by molar-refractivity contribution is 5.90. The topological polar surface area (TPSA) is 74.4 Å². The van der Waals surface area contributed by atoms with Gasteiger partial charge in [0, 0.05) is 32.3 Å². The first-order valence-electron chi connectivity index (χ1n) is 11.4. The number of nitrogens with zero attached hydrogens (tertiary/aromatic N) is 4. The molecule has 2 N–H and O–H groups in total. The molecule has 3 aliphatic rings. The molecule has 1 aromatic rings. The molecule has 0 radical (unpaired) electrons. The predicted molar refractivity (Wildman–Crippen MR) is 122 cm³/mol. The van der Waals surface area contributed by atoms with Crippen LogP contribution in [0.4, 0.5) is 8.78 Å². The summed E-state index contributed by atoms with van der Waals surface area (Å²) >= 11 is 0. The van der Waals surface area contributed by atoms with E-state index >= 15 is 0 Å². The lowest BCUT2D eigenvalue weighted by atomic mass is 10.0. The van der Waals surface area contributed by atoms with Crippen molar-refractivity contribution in [2.75, 3.05) is 26.2 Å². The van der Waals surface area contributed by atoms with Crippen LogP contribution in [0.2, 0.25) is 0 Å². The molecule has 0 spiro atoms. The predicted octanol–water partition coefficient (Wildman–Crippen LogP) is 2.94. The van der Waals surface area contributed by atoms with Crippen LogP contribution >= 0.6 is 0 Å². The standard InChI is InChI=1S/C24H31F2N5O2/c1-4-5-6-20-28-21(33-15-16-7-8-18(25)19(26)11-16)12-22-30-10-9-29(23(32)24(2,3)27)13-17(30)14-31(20)22/h6-8,11-12,17H,4-5,9-10,13-15,27H2,1-3H3/b20-6+. The number of carbonyl (C=O) groups excluding carboxylic acids is 1. The molecule has 1 amide bonds. The van der Waals surface area contributed by atoms with Gasteiger partial charge in [0.2, 0.25) is 11.8 Å². The number of fused-ring (bicyclic) bond motifs is 3. The maximum atomic E-state index is 13.5. The molecule has 0 aliphatic carbocycles. The van der Waals surface area contributed by atoms with Gasteiger partial charge in [0.15, 0.2) is 11.6 Å². The third-order valence-electron chi connectivity index (χ3n) is 6.03. The van der Waals surface area contributed by atoms with Crippen LogP contribution in [-0.2, 0) is 16.1 Å². The maximum absolute atomic E-state index is 13.5. The minimum atomic E-state index is -0.901. The fourth-order valence-electron chi connectivity index (χ4n) is 4.34. The molecule has 1 atom stereocenters. The van der Waals surface area contributed by atoms with E-state index in [1.807, 2.05) is 11.0 Å². The van der Waals surface area contributed by atoms with Crippen molar-refractivity contribution >= 4 is 11.8 Å². The van der Waals surface area contributed by atoms with Gasteiger partial charge in [0.1, 0.15) is 18.2 Å². The lowest BCUT2D eigenvalue weighted by Crippen LogP contribution is -2.59. The van der Waals surface area contributed by atoms with Gasteiger partial charge < -0.3 is 25.2 Å². The van der Waals surface area contributed by atoms with Gasteiger partial charge in [-0.05, 0) is 44.0 Å². The normalized spacial score (nSPS) is 21.6. The number of aliphatic imine (C=N–C) groups is 1. The van der Waals surface area contributed by atoms with Gasteiger partial charge in [0.05, 0.1) is 11.6 Å². The average molecular weight is 460 g/mol. The third kappa shape index (κ3) is 4.88. The number of unbranched alkanes of at least 4 members (excludes halogenated alkanes) is 1. The van der Waals surface area contributed by atoms with Gasteiger partial charge in [-0.3, -0.25) is 4.79 Å². The number of benzene rings is 1. The summed E-state index contributed by atoms with van der Waals surface area (Å²) in [6, 6.07) is 3.85. The molecule has 3 heterocycles. The van der Waals surface area contributed by atoms with Gasteiger partial charge in [0.25, 0.3) is 0 Å². The molecule has 1 aromatic carbocycles. The minimum absolute atomic E-state index is 0.0467. The molecule has 0 aromatic heterocycles. The zero-order valence-corrected chi connectivity index (χ0v) is 19.4. The van der Waals surface area contributed by atoms with E-state index in [0.717, 1.165) is 43.2 Å². The number of ether oxygens (including phenoxy) is 1. The van der Waals surface area contributed by atoms with Crippen molar-refractivity contribution in [1.82, 2.24) is 14.7 Å². The Kier molecular flexibility index (Phi) is 6.43. The van der Waals surface area contributed by atoms with Crippen LogP contribution in [0.5, 0.6) is 0 Å². The van der Waals surface area contributed by atoms with Crippen molar-refractivity contribution in [2.24, 2.45) is 10.7 Å². The number of nitrogens with two attached hydrogens (primary N) is 1. The zero-order chi connectivity index (χ0) is 23.8. The molecule has 4 rings (SSSR count). The number of carbonyl (C=O) groups is 1. The molecule has 0 saturated carbocycles. The van der Waals surface area contributed by atoms with E-state index in [1.54, 1.807) is 13.8 Å². The fourth-order valence-corrected chi connectivity index (χ4v) is 4.34. The maximum Gasteiger partial charge on any atom is 0.242 e. The van der Waals surface area contributed by atoms with Crippen LogP contribution in [0.25, 0.3) is 0 Å². The Morgan fingerprint density at radius 1 is 1.27 bits per heavy atom. The monoisotopic (exact) mass is 459 g/mol. The highest BCUT2D eigenvalue weighted by Gasteiger charge is 2.43. The molecule has 3 aliphatic heterocycles. The second kappa shape index (κ2) is 9.13. The van der Waals surface area contributed by atoms with Gasteiger partial charge in [-0.15, -0.1) is 0 Å². The van der Waals surface area contributed by atoms with Crippen molar-refractivity contribution in [3.63, 3.8) is 0 Å². The van der Waals surface area contributed by atoms with Gasteiger partial charge >= 0.3 is 0 Å². The molecule has 178 valence electrons. The minimum Gasteiger partial charge on any atom is -0.473 e. The van der Waals surface area contributed by atoms with Crippen molar-refractivity contribution < 1.29 is 18.3 Å². The Balaban J connectivity index is 1.53. The summed E-state index contributed by atoms with van der Waals surface area (Å²) in [6.07, 6.45) is 5.82. The smallest absolute Gasteiger partial charge is 0.242 e. The van der Waals surface area contributed by atoms with E-state index < -0.39 is 17.2 Å². The number of amides is 1.